The van der Waals surface area contributed by atoms with Gasteiger partial charge in [0.1, 0.15) is 0 Å². The van der Waals surface area contributed by atoms with Crippen LogP contribution in [0, 0.1) is 0 Å². The van der Waals surface area contributed by atoms with E-state index in [9.17, 15) is 0 Å². The molecule has 0 atom stereocenters. The van der Waals surface area contributed by atoms with Gasteiger partial charge in [0.25, 0.3) is 0 Å². The Labute approximate surface area is 96.0 Å². The van der Waals surface area contributed by atoms with Crippen molar-refractivity contribution in [3.8, 4) is 0 Å². The van der Waals surface area contributed by atoms with Gasteiger partial charge in [-0.15, -0.1) is 0 Å². The van der Waals surface area contributed by atoms with E-state index in [0.717, 1.165) is 12.2 Å². The minimum absolute atomic E-state index is 0.604. The van der Waals surface area contributed by atoms with Crippen molar-refractivity contribution in [1.29, 1.82) is 0 Å². The standard InChI is InChI=1S/C11H19N5/c1-16(10-4-2-3-5-10)8-9-6-14-11(15-12)7-13-9/h6-7,10H,2-5,8,12H2,1H3,(H,14,15). The van der Waals surface area contributed by atoms with Crippen LogP contribution in [0.5, 0.6) is 0 Å². The fraction of sp³-hybridized carbons (Fsp3) is 0.636. The fourth-order valence-electron chi connectivity index (χ4n) is 2.24. The number of hydrogen-bond donors (Lipinski definition) is 2. The molecule has 0 amide bonds. The van der Waals surface area contributed by atoms with Crippen LogP contribution in [0.3, 0.4) is 0 Å². The molecule has 3 N–H and O–H groups in total. The maximum atomic E-state index is 5.24. The summed E-state index contributed by atoms with van der Waals surface area (Å²) in [7, 11) is 2.16. The molecule has 16 heavy (non-hydrogen) atoms. The summed E-state index contributed by atoms with van der Waals surface area (Å²) < 4.78 is 0. The van der Waals surface area contributed by atoms with Gasteiger partial charge in [0.05, 0.1) is 18.1 Å². The average molecular weight is 221 g/mol. The Morgan fingerprint density at radius 2 is 2.12 bits per heavy atom. The number of anilines is 1. The maximum absolute atomic E-state index is 5.24. The van der Waals surface area contributed by atoms with Gasteiger partial charge in [0.2, 0.25) is 0 Å². The smallest absolute Gasteiger partial charge is 0.158 e. The van der Waals surface area contributed by atoms with Crippen molar-refractivity contribution in [1.82, 2.24) is 14.9 Å². The topological polar surface area (TPSA) is 67.1 Å². The van der Waals surface area contributed by atoms with Gasteiger partial charge in [-0.25, -0.2) is 10.8 Å². The van der Waals surface area contributed by atoms with E-state index in [1.807, 2.05) is 0 Å². The van der Waals surface area contributed by atoms with Crippen LogP contribution in [0.2, 0.25) is 0 Å². The normalized spacial score (nSPS) is 16.9. The molecule has 1 aliphatic rings. The van der Waals surface area contributed by atoms with E-state index in [-0.39, 0.29) is 0 Å². The second-order valence-electron chi connectivity index (χ2n) is 4.39. The molecule has 0 aliphatic heterocycles. The molecular formula is C11H19N5. The van der Waals surface area contributed by atoms with Gasteiger partial charge in [-0.3, -0.25) is 9.88 Å². The Kier molecular flexibility index (Phi) is 3.69. The number of rotatable bonds is 4. The number of nitrogen functional groups attached to an aromatic ring is 1. The summed E-state index contributed by atoms with van der Waals surface area (Å²) >= 11 is 0. The highest BCUT2D eigenvalue weighted by atomic mass is 15.3. The summed E-state index contributed by atoms with van der Waals surface area (Å²) in [5, 5.41) is 0. The Bertz CT molecular complexity index is 318. The van der Waals surface area contributed by atoms with Crippen molar-refractivity contribution in [2.45, 2.75) is 38.3 Å². The lowest BCUT2D eigenvalue weighted by atomic mass is 10.2. The van der Waals surface area contributed by atoms with Crippen molar-refractivity contribution in [3.05, 3.63) is 18.1 Å². The zero-order chi connectivity index (χ0) is 11.4. The second kappa shape index (κ2) is 5.23. The van der Waals surface area contributed by atoms with Crippen LogP contribution in [-0.4, -0.2) is 28.0 Å². The largest absolute Gasteiger partial charge is 0.307 e. The zero-order valence-electron chi connectivity index (χ0n) is 9.69. The second-order valence-corrected chi connectivity index (χ2v) is 4.39. The third kappa shape index (κ3) is 2.68. The lowest BCUT2D eigenvalue weighted by Crippen LogP contribution is -2.29. The third-order valence-corrected chi connectivity index (χ3v) is 3.21. The van der Waals surface area contributed by atoms with Crippen molar-refractivity contribution in [2.24, 2.45) is 5.84 Å². The highest BCUT2D eigenvalue weighted by Gasteiger charge is 2.19. The minimum atomic E-state index is 0.604. The molecule has 0 saturated heterocycles. The molecule has 0 radical (unpaired) electrons. The van der Waals surface area contributed by atoms with E-state index in [4.69, 9.17) is 5.84 Å². The number of nitrogens with two attached hydrogens (primary N) is 1. The molecule has 1 fully saturated rings. The molecular weight excluding hydrogens is 202 g/mol. The molecule has 0 spiro atoms. The van der Waals surface area contributed by atoms with Gasteiger partial charge in [0.15, 0.2) is 5.82 Å². The van der Waals surface area contributed by atoms with Gasteiger partial charge < -0.3 is 5.43 Å². The Morgan fingerprint density at radius 3 is 2.69 bits per heavy atom. The van der Waals surface area contributed by atoms with E-state index in [2.05, 4.69) is 27.3 Å². The Morgan fingerprint density at radius 1 is 1.38 bits per heavy atom. The molecule has 2 rings (SSSR count). The fourth-order valence-corrected chi connectivity index (χ4v) is 2.24. The van der Waals surface area contributed by atoms with Crippen LogP contribution in [-0.2, 0) is 6.54 Å². The summed E-state index contributed by atoms with van der Waals surface area (Å²) in [5.41, 5.74) is 3.47. The number of nitrogens with zero attached hydrogens (tertiary/aromatic N) is 3. The molecule has 1 aliphatic carbocycles. The minimum Gasteiger partial charge on any atom is -0.307 e. The van der Waals surface area contributed by atoms with E-state index < -0.39 is 0 Å². The van der Waals surface area contributed by atoms with Gasteiger partial charge >= 0.3 is 0 Å². The van der Waals surface area contributed by atoms with Gasteiger partial charge in [-0.05, 0) is 19.9 Å². The first-order valence-corrected chi connectivity index (χ1v) is 5.77. The lowest BCUT2D eigenvalue weighted by Gasteiger charge is -2.23. The molecule has 0 unspecified atom stereocenters. The molecule has 5 heteroatoms. The molecule has 88 valence electrons. The quantitative estimate of drug-likeness (QED) is 0.589. The molecule has 0 bridgehead atoms. The molecule has 1 aromatic heterocycles. The summed E-state index contributed by atoms with van der Waals surface area (Å²) in [6, 6.07) is 0.717. The van der Waals surface area contributed by atoms with Crippen LogP contribution in [0.1, 0.15) is 31.4 Å². The highest BCUT2D eigenvalue weighted by Crippen LogP contribution is 2.23. The molecule has 5 nitrogen and oxygen atoms in total. The molecule has 1 saturated carbocycles. The first-order valence-electron chi connectivity index (χ1n) is 5.77. The summed E-state index contributed by atoms with van der Waals surface area (Å²) in [6.07, 6.45) is 8.78. The lowest BCUT2D eigenvalue weighted by molar-refractivity contribution is 0.234. The van der Waals surface area contributed by atoms with E-state index in [1.165, 1.54) is 25.7 Å². The zero-order valence-corrected chi connectivity index (χ0v) is 9.69. The van der Waals surface area contributed by atoms with Crippen LogP contribution in [0.25, 0.3) is 0 Å². The van der Waals surface area contributed by atoms with Gasteiger partial charge in [-0.1, -0.05) is 12.8 Å². The van der Waals surface area contributed by atoms with E-state index >= 15 is 0 Å². The van der Waals surface area contributed by atoms with Crippen LogP contribution < -0.4 is 11.3 Å². The average Bonchev–Trinajstić information content (AvgIpc) is 2.83. The third-order valence-electron chi connectivity index (χ3n) is 3.21. The van der Waals surface area contributed by atoms with Gasteiger partial charge in [-0.2, -0.15) is 0 Å². The van der Waals surface area contributed by atoms with Crippen molar-refractivity contribution < 1.29 is 0 Å². The molecule has 1 heterocycles. The number of hydrazine groups is 1. The van der Waals surface area contributed by atoms with E-state index in [0.29, 0.717) is 11.9 Å². The predicted octanol–water partition coefficient (Wildman–Crippen LogP) is 1.14. The van der Waals surface area contributed by atoms with E-state index in [1.54, 1.807) is 12.4 Å². The Balaban J connectivity index is 1.92. The molecule has 0 aromatic carbocycles. The predicted molar refractivity (Wildman–Crippen MR) is 63.6 cm³/mol. The first kappa shape index (κ1) is 11.3. The number of aromatic nitrogens is 2. The Hall–Kier alpha value is -1.20. The van der Waals surface area contributed by atoms with Crippen LogP contribution in [0.4, 0.5) is 5.82 Å². The van der Waals surface area contributed by atoms with Crippen LogP contribution >= 0.6 is 0 Å². The first-order chi connectivity index (χ1) is 7.79. The summed E-state index contributed by atoms with van der Waals surface area (Å²) in [4.78, 5) is 10.8. The van der Waals surface area contributed by atoms with Crippen molar-refractivity contribution in [2.75, 3.05) is 12.5 Å². The SMILES string of the molecule is CN(Cc1cnc(NN)cn1)C1CCCC1. The maximum Gasteiger partial charge on any atom is 0.158 e. The summed E-state index contributed by atoms with van der Waals surface area (Å²) in [6.45, 7) is 0.864. The number of nitrogens with one attached hydrogen (secondary N) is 1. The monoisotopic (exact) mass is 221 g/mol. The number of hydrogen-bond acceptors (Lipinski definition) is 5. The molecule has 1 aromatic rings. The van der Waals surface area contributed by atoms with Crippen LogP contribution in [0.15, 0.2) is 12.4 Å². The van der Waals surface area contributed by atoms with Crippen molar-refractivity contribution in [3.63, 3.8) is 0 Å². The van der Waals surface area contributed by atoms with Gasteiger partial charge in [0, 0.05) is 12.6 Å². The highest BCUT2D eigenvalue weighted by molar-refractivity contribution is 5.28. The summed E-state index contributed by atoms with van der Waals surface area (Å²) in [5.74, 6) is 5.84. The van der Waals surface area contributed by atoms with Crippen molar-refractivity contribution >= 4 is 5.82 Å².